The van der Waals surface area contributed by atoms with E-state index < -0.39 is 11.7 Å². The second kappa shape index (κ2) is 12.0. The van der Waals surface area contributed by atoms with E-state index in [1.165, 1.54) is 30.0 Å². The Morgan fingerprint density at radius 2 is 1.31 bits per heavy atom. The third kappa shape index (κ3) is 6.41. The molecule has 0 saturated carbocycles. The molecular formula is C31H26F3N7S. The molecule has 42 heavy (non-hydrogen) atoms. The summed E-state index contributed by atoms with van der Waals surface area (Å²) in [6, 6.07) is 27.8. The summed E-state index contributed by atoms with van der Waals surface area (Å²) < 4.78 is 38.2. The molecule has 0 amide bonds. The Hall–Kier alpha value is -4.77. The zero-order chi connectivity index (χ0) is 28.9. The van der Waals surface area contributed by atoms with Crippen LogP contribution in [0, 0.1) is 0 Å². The maximum Gasteiger partial charge on any atom is 0.416 e. The number of halogens is 3. The number of alkyl halides is 3. The van der Waals surface area contributed by atoms with Gasteiger partial charge in [0.05, 0.1) is 39.0 Å². The molecule has 1 fully saturated rings. The van der Waals surface area contributed by atoms with E-state index in [2.05, 4.69) is 42.3 Å². The Kier molecular flexibility index (Phi) is 7.83. The van der Waals surface area contributed by atoms with Crippen LogP contribution >= 0.6 is 11.3 Å². The van der Waals surface area contributed by atoms with Gasteiger partial charge >= 0.3 is 6.18 Å². The lowest BCUT2D eigenvalue weighted by Crippen LogP contribution is -2.15. The van der Waals surface area contributed by atoms with Crippen LogP contribution in [0.15, 0.2) is 118 Å². The molecule has 0 radical (unpaired) electrons. The molecule has 212 valence electrons. The third-order valence-corrected chi connectivity index (χ3v) is 7.87. The zero-order valence-corrected chi connectivity index (χ0v) is 23.2. The van der Waals surface area contributed by atoms with Crippen LogP contribution in [0.1, 0.15) is 18.4 Å². The maximum atomic E-state index is 12.7. The van der Waals surface area contributed by atoms with Gasteiger partial charge in [-0.15, -0.1) is 10.2 Å². The first-order valence-corrected chi connectivity index (χ1v) is 14.2. The molecule has 11 heteroatoms. The Balaban J connectivity index is 1.10. The summed E-state index contributed by atoms with van der Waals surface area (Å²) in [4.78, 5) is 2.40. The van der Waals surface area contributed by atoms with Gasteiger partial charge in [0, 0.05) is 23.9 Å². The first-order chi connectivity index (χ1) is 20.4. The standard InChI is InChI=1S/C31H26F3N7S/c32-31(33,34)21-7-9-22(10-8-21)35-36-23-11-13-24(14-12-23)37-38-27-15-16-28(26-6-2-1-5-25(26)27)39-40-29-17-18-30(42-29)41-19-3-4-20-41/h1-2,5-18,37-38H,3-4,19-20H2. The monoisotopic (exact) mass is 585 g/mol. The Morgan fingerprint density at radius 3 is 2.00 bits per heavy atom. The summed E-state index contributed by atoms with van der Waals surface area (Å²) in [6.07, 6.45) is -1.91. The summed E-state index contributed by atoms with van der Waals surface area (Å²) in [7, 11) is 0. The number of hydrazine groups is 1. The maximum absolute atomic E-state index is 12.7. The van der Waals surface area contributed by atoms with Crippen molar-refractivity contribution in [2.75, 3.05) is 28.8 Å². The highest BCUT2D eigenvalue weighted by Gasteiger charge is 2.29. The number of fused-ring (bicyclic) bond motifs is 1. The molecule has 0 unspecified atom stereocenters. The van der Waals surface area contributed by atoms with Crippen LogP contribution in [0.5, 0.6) is 0 Å². The van der Waals surface area contributed by atoms with Gasteiger partial charge in [-0.1, -0.05) is 35.6 Å². The molecule has 1 aromatic heterocycles. The molecule has 6 rings (SSSR count). The van der Waals surface area contributed by atoms with E-state index in [-0.39, 0.29) is 0 Å². The van der Waals surface area contributed by atoms with Crippen molar-refractivity contribution >= 4 is 60.5 Å². The van der Waals surface area contributed by atoms with Crippen LogP contribution in [0.3, 0.4) is 0 Å². The molecular weight excluding hydrogens is 559 g/mol. The van der Waals surface area contributed by atoms with Gasteiger partial charge < -0.3 is 15.8 Å². The minimum absolute atomic E-state index is 0.337. The second-order valence-electron chi connectivity index (χ2n) is 9.73. The van der Waals surface area contributed by atoms with Crippen LogP contribution in [-0.4, -0.2) is 13.1 Å². The molecule has 0 aliphatic carbocycles. The van der Waals surface area contributed by atoms with Crippen LogP contribution in [0.2, 0.25) is 0 Å². The molecule has 1 aliphatic heterocycles. The minimum Gasteiger partial charge on any atom is -0.363 e. The smallest absolute Gasteiger partial charge is 0.363 e. The van der Waals surface area contributed by atoms with Crippen LogP contribution < -0.4 is 15.8 Å². The van der Waals surface area contributed by atoms with Crippen molar-refractivity contribution in [1.82, 2.24) is 0 Å². The number of rotatable bonds is 8. The molecule has 0 atom stereocenters. The lowest BCUT2D eigenvalue weighted by atomic mass is 10.1. The van der Waals surface area contributed by atoms with Crippen molar-refractivity contribution in [1.29, 1.82) is 0 Å². The molecule has 7 nitrogen and oxygen atoms in total. The number of hydrogen-bond acceptors (Lipinski definition) is 8. The Morgan fingerprint density at radius 1 is 0.643 bits per heavy atom. The highest BCUT2D eigenvalue weighted by atomic mass is 32.1. The third-order valence-electron chi connectivity index (χ3n) is 6.84. The first kappa shape index (κ1) is 27.4. The predicted octanol–water partition coefficient (Wildman–Crippen LogP) is 10.8. The number of hydrogen-bond donors (Lipinski definition) is 2. The Bertz CT molecular complexity index is 1720. The summed E-state index contributed by atoms with van der Waals surface area (Å²) in [5, 5.41) is 21.3. The lowest BCUT2D eigenvalue weighted by Gasteiger charge is -2.13. The van der Waals surface area contributed by atoms with Crippen LogP contribution in [-0.2, 0) is 6.18 Å². The van der Waals surface area contributed by atoms with Gasteiger partial charge in [0.25, 0.3) is 0 Å². The van der Waals surface area contributed by atoms with Gasteiger partial charge in [0.15, 0.2) is 0 Å². The number of benzene rings is 4. The number of nitrogens with one attached hydrogen (secondary N) is 2. The van der Waals surface area contributed by atoms with E-state index in [1.54, 1.807) is 23.5 Å². The van der Waals surface area contributed by atoms with E-state index in [9.17, 15) is 13.2 Å². The van der Waals surface area contributed by atoms with E-state index in [1.807, 2.05) is 54.6 Å². The summed E-state index contributed by atoms with van der Waals surface area (Å²) in [6.45, 7) is 2.21. The highest BCUT2D eigenvalue weighted by Crippen LogP contribution is 2.37. The molecule has 4 aromatic carbocycles. The van der Waals surface area contributed by atoms with E-state index in [0.717, 1.165) is 58.1 Å². The number of thiophene rings is 1. The summed E-state index contributed by atoms with van der Waals surface area (Å²) >= 11 is 1.66. The molecule has 1 aliphatic rings. The molecule has 5 aromatic rings. The largest absolute Gasteiger partial charge is 0.416 e. The quantitative estimate of drug-likeness (QED) is 0.140. The number of azo groups is 2. The fourth-order valence-electron chi connectivity index (χ4n) is 4.64. The summed E-state index contributed by atoms with van der Waals surface area (Å²) in [5.41, 5.74) is 9.10. The Labute approximate surface area is 244 Å². The SMILES string of the molecule is FC(F)(F)c1ccc(N=Nc2ccc(NNc3ccc(N=Nc4ccc(N5CCCC5)s4)c4ccccc34)cc2)cc1. The molecule has 0 bridgehead atoms. The summed E-state index contributed by atoms with van der Waals surface area (Å²) in [5.74, 6) is 0. The van der Waals surface area contributed by atoms with Gasteiger partial charge in [0.2, 0.25) is 0 Å². The average Bonchev–Trinajstić information content (AvgIpc) is 3.71. The fraction of sp³-hybridized carbons (Fsp3) is 0.161. The van der Waals surface area contributed by atoms with Crippen LogP contribution in [0.25, 0.3) is 10.8 Å². The van der Waals surface area contributed by atoms with Crippen molar-refractivity contribution in [2.45, 2.75) is 19.0 Å². The fourth-order valence-corrected chi connectivity index (χ4v) is 5.52. The normalized spacial score (nSPS) is 13.9. The second-order valence-corrected chi connectivity index (χ2v) is 10.8. The average molecular weight is 586 g/mol. The van der Waals surface area contributed by atoms with Crippen molar-refractivity contribution in [3.63, 3.8) is 0 Å². The zero-order valence-electron chi connectivity index (χ0n) is 22.3. The number of anilines is 3. The molecule has 2 heterocycles. The van der Waals surface area contributed by atoms with Gasteiger partial charge in [-0.2, -0.15) is 23.4 Å². The predicted molar refractivity (Wildman–Crippen MR) is 163 cm³/mol. The molecule has 1 saturated heterocycles. The van der Waals surface area contributed by atoms with Crippen molar-refractivity contribution in [3.05, 3.63) is 103 Å². The van der Waals surface area contributed by atoms with Gasteiger partial charge in [-0.3, -0.25) is 0 Å². The van der Waals surface area contributed by atoms with Crippen molar-refractivity contribution in [3.8, 4) is 0 Å². The van der Waals surface area contributed by atoms with Crippen LogP contribution in [0.4, 0.5) is 51.6 Å². The number of nitrogens with zero attached hydrogens (tertiary/aromatic N) is 5. The van der Waals surface area contributed by atoms with Gasteiger partial charge in [-0.05, 0) is 85.6 Å². The minimum atomic E-state index is -4.38. The highest BCUT2D eigenvalue weighted by molar-refractivity contribution is 7.19. The van der Waals surface area contributed by atoms with Gasteiger partial charge in [0.1, 0.15) is 5.00 Å². The van der Waals surface area contributed by atoms with E-state index >= 15 is 0 Å². The van der Waals surface area contributed by atoms with E-state index in [0.29, 0.717) is 11.4 Å². The van der Waals surface area contributed by atoms with E-state index in [4.69, 9.17) is 0 Å². The topological polar surface area (TPSA) is 76.7 Å². The molecule has 0 spiro atoms. The molecule has 2 N–H and O–H groups in total. The lowest BCUT2D eigenvalue weighted by molar-refractivity contribution is -0.137. The first-order valence-electron chi connectivity index (χ1n) is 13.4. The van der Waals surface area contributed by atoms with Gasteiger partial charge in [-0.25, -0.2) is 0 Å². The van der Waals surface area contributed by atoms with Crippen molar-refractivity contribution < 1.29 is 13.2 Å². The van der Waals surface area contributed by atoms with Crippen molar-refractivity contribution in [2.24, 2.45) is 20.5 Å².